The molecule has 0 spiro atoms. The molecule has 0 radical (unpaired) electrons. The molecular weight excluding hydrogens is 304 g/mol. The number of aromatic carboxylic acids is 1. The molecule has 118 valence electrons. The predicted molar refractivity (Wildman–Crippen MR) is 92.4 cm³/mol. The number of carbonyl (C=O) groups excluding carboxylic acids is 1. The van der Waals surface area contributed by atoms with Gasteiger partial charge in [0.05, 0.1) is 11.1 Å². The maximum Gasteiger partial charge on any atom is 0.336 e. The van der Waals surface area contributed by atoms with Crippen molar-refractivity contribution in [1.82, 2.24) is 0 Å². The highest BCUT2D eigenvalue weighted by Crippen LogP contribution is 2.28. The molecule has 0 aromatic heterocycles. The molecule has 0 bridgehead atoms. The van der Waals surface area contributed by atoms with Crippen LogP contribution in [0.1, 0.15) is 26.3 Å². The van der Waals surface area contributed by atoms with Crippen LogP contribution >= 0.6 is 0 Å². The predicted octanol–water partition coefficient (Wildman–Crippen LogP) is 4.14. The molecule has 0 unspecified atom stereocenters. The van der Waals surface area contributed by atoms with Gasteiger partial charge in [-0.15, -0.1) is 0 Å². The summed E-state index contributed by atoms with van der Waals surface area (Å²) in [6.45, 7) is 0. The molecule has 4 heteroatoms. The van der Waals surface area contributed by atoms with E-state index in [-0.39, 0.29) is 22.7 Å². The molecule has 0 fully saturated rings. The smallest absolute Gasteiger partial charge is 0.336 e. The van der Waals surface area contributed by atoms with Crippen LogP contribution in [0.2, 0.25) is 0 Å². The van der Waals surface area contributed by atoms with Crippen molar-refractivity contribution in [3.05, 3.63) is 83.4 Å². The number of phenolic OH excluding ortho intramolecular Hbond substituents is 1. The zero-order chi connectivity index (χ0) is 17.1. The second kappa shape index (κ2) is 6.38. The van der Waals surface area contributed by atoms with E-state index in [1.807, 2.05) is 12.1 Å². The number of phenols is 1. The van der Waals surface area contributed by atoms with Crippen LogP contribution in [0.25, 0.3) is 16.8 Å². The third kappa shape index (κ3) is 2.90. The number of benzene rings is 3. The van der Waals surface area contributed by atoms with E-state index >= 15 is 0 Å². The maximum absolute atomic E-state index is 12.5. The highest BCUT2D eigenvalue weighted by atomic mass is 16.4. The lowest BCUT2D eigenvalue weighted by Gasteiger charge is -2.06. The Bertz CT molecular complexity index is 970. The topological polar surface area (TPSA) is 74.6 Å². The number of fused-ring (bicyclic) bond motifs is 1. The van der Waals surface area contributed by atoms with Crippen molar-refractivity contribution in [2.24, 2.45) is 0 Å². The third-order valence-electron chi connectivity index (χ3n) is 3.76. The van der Waals surface area contributed by atoms with Crippen molar-refractivity contribution >= 4 is 28.6 Å². The normalized spacial score (nSPS) is 11.0. The van der Waals surface area contributed by atoms with Gasteiger partial charge in [-0.3, -0.25) is 4.79 Å². The number of rotatable bonds is 4. The number of allylic oxidation sites excluding steroid dienone is 1. The Balaban J connectivity index is 2.03. The third-order valence-corrected chi connectivity index (χ3v) is 3.76. The zero-order valence-corrected chi connectivity index (χ0v) is 12.6. The van der Waals surface area contributed by atoms with Crippen molar-refractivity contribution in [3.8, 4) is 5.75 Å². The summed E-state index contributed by atoms with van der Waals surface area (Å²) in [7, 11) is 0. The molecule has 0 saturated heterocycles. The first-order valence-corrected chi connectivity index (χ1v) is 7.33. The SMILES string of the molecule is O=C(O)c1ccccc1C=CC(=O)c1c(O)ccc2ccccc12. The fourth-order valence-corrected chi connectivity index (χ4v) is 2.60. The van der Waals surface area contributed by atoms with E-state index < -0.39 is 5.97 Å². The van der Waals surface area contributed by atoms with Gasteiger partial charge >= 0.3 is 5.97 Å². The van der Waals surface area contributed by atoms with Gasteiger partial charge in [-0.05, 0) is 34.5 Å². The lowest BCUT2D eigenvalue weighted by atomic mass is 9.99. The first-order valence-electron chi connectivity index (χ1n) is 7.33. The summed E-state index contributed by atoms with van der Waals surface area (Å²) in [4.78, 5) is 23.7. The van der Waals surface area contributed by atoms with E-state index in [1.54, 1.807) is 36.4 Å². The second-order valence-electron chi connectivity index (χ2n) is 5.27. The van der Waals surface area contributed by atoms with Gasteiger partial charge in [0, 0.05) is 0 Å². The lowest BCUT2D eigenvalue weighted by Crippen LogP contribution is -2.00. The van der Waals surface area contributed by atoms with Crippen molar-refractivity contribution in [2.75, 3.05) is 0 Å². The molecule has 3 aromatic carbocycles. The first-order chi connectivity index (χ1) is 11.6. The average Bonchev–Trinajstić information content (AvgIpc) is 2.59. The van der Waals surface area contributed by atoms with Crippen LogP contribution in [-0.4, -0.2) is 22.0 Å². The fraction of sp³-hybridized carbons (Fsp3) is 0. The average molecular weight is 318 g/mol. The molecule has 0 saturated carbocycles. The van der Waals surface area contributed by atoms with Gasteiger partial charge in [0.15, 0.2) is 5.78 Å². The van der Waals surface area contributed by atoms with E-state index in [0.717, 1.165) is 5.39 Å². The van der Waals surface area contributed by atoms with Crippen molar-refractivity contribution in [3.63, 3.8) is 0 Å². The van der Waals surface area contributed by atoms with Gasteiger partial charge in [-0.2, -0.15) is 0 Å². The minimum atomic E-state index is -1.06. The van der Waals surface area contributed by atoms with E-state index in [0.29, 0.717) is 10.9 Å². The summed E-state index contributed by atoms with van der Waals surface area (Å²) in [5.74, 6) is -1.55. The molecule has 0 heterocycles. The number of carboxylic acids is 1. The molecule has 0 aliphatic carbocycles. The highest BCUT2D eigenvalue weighted by Gasteiger charge is 2.13. The summed E-state index contributed by atoms with van der Waals surface area (Å²) in [5.41, 5.74) is 0.749. The van der Waals surface area contributed by atoms with Crippen molar-refractivity contribution < 1.29 is 19.8 Å². The highest BCUT2D eigenvalue weighted by molar-refractivity contribution is 6.16. The number of hydrogen-bond donors (Lipinski definition) is 2. The molecule has 0 amide bonds. The minimum Gasteiger partial charge on any atom is -0.507 e. The molecular formula is C20H14O4. The molecule has 0 atom stereocenters. The van der Waals surface area contributed by atoms with Crippen molar-refractivity contribution in [2.45, 2.75) is 0 Å². The Labute approximate surface area is 138 Å². The van der Waals surface area contributed by atoms with E-state index in [4.69, 9.17) is 0 Å². The molecule has 3 aromatic rings. The lowest BCUT2D eigenvalue weighted by molar-refractivity contribution is 0.0696. The number of hydrogen-bond acceptors (Lipinski definition) is 3. The van der Waals surface area contributed by atoms with Crippen LogP contribution in [0.15, 0.2) is 66.7 Å². The standard InChI is InChI=1S/C20H14O4/c21-17-11-9-13-5-1-3-7-15(13)19(17)18(22)12-10-14-6-2-4-8-16(14)20(23)24/h1-12,21H,(H,23,24). The van der Waals surface area contributed by atoms with Gasteiger partial charge in [0.2, 0.25) is 0 Å². The monoisotopic (exact) mass is 318 g/mol. The summed E-state index contributed by atoms with van der Waals surface area (Å²) in [6.07, 6.45) is 2.73. The quantitative estimate of drug-likeness (QED) is 0.560. The van der Waals surface area contributed by atoms with Crippen LogP contribution in [0.5, 0.6) is 5.75 Å². The summed E-state index contributed by atoms with van der Waals surface area (Å²) < 4.78 is 0. The molecule has 0 aliphatic rings. The Hall–Kier alpha value is -3.40. The molecule has 2 N–H and O–H groups in total. The minimum absolute atomic E-state index is 0.102. The number of carbonyl (C=O) groups is 2. The van der Waals surface area contributed by atoms with E-state index in [9.17, 15) is 19.8 Å². The summed E-state index contributed by atoms with van der Waals surface area (Å²) >= 11 is 0. The van der Waals surface area contributed by atoms with Crippen LogP contribution < -0.4 is 0 Å². The van der Waals surface area contributed by atoms with Crippen molar-refractivity contribution in [1.29, 1.82) is 0 Å². The molecule has 4 nitrogen and oxygen atoms in total. The van der Waals surface area contributed by atoms with Gasteiger partial charge < -0.3 is 10.2 Å². The second-order valence-corrected chi connectivity index (χ2v) is 5.27. The first kappa shape index (κ1) is 15.5. The fourth-order valence-electron chi connectivity index (χ4n) is 2.60. The Kier molecular flexibility index (Phi) is 4.12. The van der Waals surface area contributed by atoms with Gasteiger partial charge in [-0.25, -0.2) is 4.79 Å². The zero-order valence-electron chi connectivity index (χ0n) is 12.6. The Morgan fingerprint density at radius 1 is 0.875 bits per heavy atom. The van der Waals surface area contributed by atoms with Crippen LogP contribution in [0, 0.1) is 0 Å². The van der Waals surface area contributed by atoms with Crippen LogP contribution in [-0.2, 0) is 0 Å². The largest absolute Gasteiger partial charge is 0.507 e. The molecule has 24 heavy (non-hydrogen) atoms. The van der Waals surface area contributed by atoms with Crippen LogP contribution in [0.4, 0.5) is 0 Å². The molecule has 0 aliphatic heterocycles. The number of carboxylic acid groups (broad SMARTS) is 1. The van der Waals surface area contributed by atoms with E-state index in [2.05, 4.69) is 0 Å². The van der Waals surface area contributed by atoms with Crippen LogP contribution in [0.3, 0.4) is 0 Å². The summed E-state index contributed by atoms with van der Waals surface area (Å²) in [5, 5.41) is 20.7. The van der Waals surface area contributed by atoms with Gasteiger partial charge in [0.25, 0.3) is 0 Å². The number of aromatic hydroxyl groups is 1. The van der Waals surface area contributed by atoms with E-state index in [1.165, 1.54) is 24.3 Å². The summed E-state index contributed by atoms with van der Waals surface area (Å²) in [6, 6.07) is 16.9. The Morgan fingerprint density at radius 3 is 2.38 bits per heavy atom. The van der Waals surface area contributed by atoms with Gasteiger partial charge in [0.1, 0.15) is 5.75 Å². The maximum atomic E-state index is 12.5. The number of ketones is 1. The Morgan fingerprint density at radius 2 is 1.58 bits per heavy atom. The molecule has 3 rings (SSSR count). The van der Waals surface area contributed by atoms with Gasteiger partial charge in [-0.1, -0.05) is 54.6 Å².